The molecule has 1 heterocycles. The Morgan fingerprint density at radius 2 is 2.05 bits per heavy atom. The molecule has 1 unspecified atom stereocenters. The molecule has 0 bridgehead atoms. The average Bonchev–Trinajstić information content (AvgIpc) is 2.79. The van der Waals surface area contributed by atoms with Crippen LogP contribution in [0, 0.1) is 13.8 Å². The molecule has 114 valence electrons. The summed E-state index contributed by atoms with van der Waals surface area (Å²) in [6, 6.07) is 8.43. The number of likely N-dealkylation sites (N-methyl/N-ethyl adjacent to an activating group) is 1. The molecule has 0 saturated heterocycles. The van der Waals surface area contributed by atoms with Gasteiger partial charge in [-0.25, -0.2) is 0 Å². The summed E-state index contributed by atoms with van der Waals surface area (Å²) in [5, 5.41) is 3.54. The molecule has 0 fully saturated rings. The monoisotopic (exact) mass is 351 g/mol. The molecule has 0 saturated carbocycles. The molecule has 0 aliphatic carbocycles. The Morgan fingerprint density at radius 3 is 2.62 bits per heavy atom. The summed E-state index contributed by atoms with van der Waals surface area (Å²) in [6.45, 7) is 7.04. The fourth-order valence-electron chi connectivity index (χ4n) is 2.59. The van der Waals surface area contributed by atoms with Crippen LogP contribution < -0.4 is 10.1 Å². The Kier molecular flexibility index (Phi) is 5.48. The van der Waals surface area contributed by atoms with E-state index in [4.69, 9.17) is 9.15 Å². The van der Waals surface area contributed by atoms with Gasteiger partial charge in [0.15, 0.2) is 0 Å². The van der Waals surface area contributed by atoms with E-state index < -0.39 is 0 Å². The second-order valence-electron chi connectivity index (χ2n) is 5.14. The molecule has 0 radical (unpaired) electrons. The fourth-order valence-corrected chi connectivity index (χ4v) is 3.00. The van der Waals surface area contributed by atoms with Gasteiger partial charge >= 0.3 is 0 Å². The molecule has 2 rings (SSSR count). The van der Waals surface area contributed by atoms with Gasteiger partial charge in [0.05, 0.1) is 7.11 Å². The SMILES string of the molecule is CCNC(Cc1cc(OC)ccc1Br)c1cc(C)oc1C. The standard InChI is InChI=1S/C17H22BrNO2/c1-5-19-17(15-8-11(2)21-12(15)3)10-13-9-14(20-4)6-7-16(13)18/h6-9,17,19H,5,10H2,1-4H3. The van der Waals surface area contributed by atoms with Crippen LogP contribution in [0.4, 0.5) is 0 Å². The number of hydrogen-bond donors (Lipinski definition) is 1. The van der Waals surface area contributed by atoms with Gasteiger partial charge in [-0.1, -0.05) is 22.9 Å². The van der Waals surface area contributed by atoms with Gasteiger partial charge < -0.3 is 14.5 Å². The maximum absolute atomic E-state index is 5.68. The van der Waals surface area contributed by atoms with Gasteiger partial charge in [-0.3, -0.25) is 0 Å². The van der Waals surface area contributed by atoms with Crippen LogP contribution in [-0.2, 0) is 6.42 Å². The molecule has 0 spiro atoms. The Hall–Kier alpha value is -1.26. The minimum atomic E-state index is 0.232. The molecule has 1 N–H and O–H groups in total. The molecular weight excluding hydrogens is 330 g/mol. The highest BCUT2D eigenvalue weighted by atomic mass is 79.9. The van der Waals surface area contributed by atoms with Crippen LogP contribution in [0.5, 0.6) is 5.75 Å². The van der Waals surface area contributed by atoms with Crippen molar-refractivity contribution in [3.63, 3.8) is 0 Å². The van der Waals surface area contributed by atoms with E-state index in [0.29, 0.717) is 0 Å². The minimum absolute atomic E-state index is 0.232. The number of benzene rings is 1. The van der Waals surface area contributed by atoms with E-state index in [-0.39, 0.29) is 6.04 Å². The molecule has 3 nitrogen and oxygen atoms in total. The minimum Gasteiger partial charge on any atom is -0.497 e. The van der Waals surface area contributed by atoms with Crippen molar-refractivity contribution in [1.29, 1.82) is 0 Å². The summed E-state index contributed by atoms with van der Waals surface area (Å²) in [5.74, 6) is 2.82. The molecule has 2 aromatic rings. The maximum Gasteiger partial charge on any atom is 0.119 e. The number of methoxy groups -OCH3 is 1. The van der Waals surface area contributed by atoms with Gasteiger partial charge in [-0.2, -0.15) is 0 Å². The van der Waals surface area contributed by atoms with E-state index in [0.717, 1.165) is 34.7 Å². The van der Waals surface area contributed by atoms with Crippen molar-refractivity contribution in [2.24, 2.45) is 0 Å². The zero-order valence-corrected chi connectivity index (χ0v) is 14.6. The van der Waals surface area contributed by atoms with E-state index >= 15 is 0 Å². The van der Waals surface area contributed by atoms with E-state index in [2.05, 4.69) is 40.3 Å². The van der Waals surface area contributed by atoms with Crippen molar-refractivity contribution in [3.05, 3.63) is 51.4 Å². The van der Waals surface area contributed by atoms with Gasteiger partial charge in [0, 0.05) is 16.1 Å². The van der Waals surface area contributed by atoms with Crippen LogP contribution in [0.15, 0.2) is 33.2 Å². The first-order chi connectivity index (χ1) is 10.0. The van der Waals surface area contributed by atoms with Gasteiger partial charge in [0.2, 0.25) is 0 Å². The van der Waals surface area contributed by atoms with E-state index in [9.17, 15) is 0 Å². The first kappa shape index (κ1) is 16.1. The second-order valence-corrected chi connectivity index (χ2v) is 5.99. The van der Waals surface area contributed by atoms with Crippen LogP contribution in [-0.4, -0.2) is 13.7 Å². The molecule has 0 aliphatic rings. The average molecular weight is 352 g/mol. The Bertz CT molecular complexity index is 607. The molecule has 4 heteroatoms. The Morgan fingerprint density at radius 1 is 1.29 bits per heavy atom. The molecule has 1 aromatic carbocycles. The zero-order chi connectivity index (χ0) is 15.4. The van der Waals surface area contributed by atoms with Gasteiger partial charge in [-0.05, 0) is 56.6 Å². The molecule has 1 aromatic heterocycles. The van der Waals surface area contributed by atoms with Crippen LogP contribution >= 0.6 is 15.9 Å². The number of rotatable bonds is 6. The largest absolute Gasteiger partial charge is 0.497 e. The van der Waals surface area contributed by atoms with Crippen molar-refractivity contribution < 1.29 is 9.15 Å². The summed E-state index contributed by atoms with van der Waals surface area (Å²) in [5.41, 5.74) is 2.45. The topological polar surface area (TPSA) is 34.4 Å². The van der Waals surface area contributed by atoms with Gasteiger partial charge in [0.1, 0.15) is 17.3 Å². The number of nitrogens with one attached hydrogen (secondary N) is 1. The summed E-state index contributed by atoms with van der Waals surface area (Å²) in [6.07, 6.45) is 0.880. The van der Waals surface area contributed by atoms with Crippen molar-refractivity contribution in [3.8, 4) is 5.75 Å². The summed E-state index contributed by atoms with van der Waals surface area (Å²) in [4.78, 5) is 0. The normalized spacial score (nSPS) is 12.4. The first-order valence-electron chi connectivity index (χ1n) is 7.17. The lowest BCUT2D eigenvalue weighted by atomic mass is 9.99. The van der Waals surface area contributed by atoms with Crippen molar-refractivity contribution in [2.45, 2.75) is 33.2 Å². The second kappa shape index (κ2) is 7.14. The smallest absolute Gasteiger partial charge is 0.119 e. The summed E-state index contributed by atoms with van der Waals surface area (Å²) >= 11 is 3.63. The van der Waals surface area contributed by atoms with Crippen LogP contribution in [0.3, 0.4) is 0 Å². The third-order valence-electron chi connectivity index (χ3n) is 3.58. The Balaban J connectivity index is 2.30. The fraction of sp³-hybridized carbons (Fsp3) is 0.412. The molecule has 0 aliphatic heterocycles. The van der Waals surface area contributed by atoms with Crippen molar-refractivity contribution in [1.82, 2.24) is 5.32 Å². The highest BCUT2D eigenvalue weighted by molar-refractivity contribution is 9.10. The lowest BCUT2D eigenvalue weighted by Crippen LogP contribution is -2.23. The highest BCUT2D eigenvalue weighted by Gasteiger charge is 2.18. The summed E-state index contributed by atoms with van der Waals surface area (Å²) < 4.78 is 12.1. The quantitative estimate of drug-likeness (QED) is 0.828. The van der Waals surface area contributed by atoms with Crippen molar-refractivity contribution >= 4 is 15.9 Å². The number of furan rings is 1. The number of ether oxygens (including phenoxy) is 1. The maximum atomic E-state index is 5.68. The molecule has 21 heavy (non-hydrogen) atoms. The predicted molar refractivity (Wildman–Crippen MR) is 89.0 cm³/mol. The number of halogens is 1. The van der Waals surface area contributed by atoms with E-state index in [1.807, 2.05) is 26.0 Å². The van der Waals surface area contributed by atoms with E-state index in [1.54, 1.807) is 7.11 Å². The number of hydrogen-bond acceptors (Lipinski definition) is 3. The Labute approximate surface area is 134 Å². The molecule has 0 amide bonds. The lowest BCUT2D eigenvalue weighted by molar-refractivity contribution is 0.413. The first-order valence-corrected chi connectivity index (χ1v) is 7.97. The van der Waals surface area contributed by atoms with Crippen molar-refractivity contribution in [2.75, 3.05) is 13.7 Å². The zero-order valence-electron chi connectivity index (χ0n) is 13.0. The predicted octanol–water partition coefficient (Wildman–Crippen LogP) is 4.56. The van der Waals surface area contributed by atoms with Crippen LogP contribution in [0.2, 0.25) is 0 Å². The molecular formula is C17H22BrNO2. The third kappa shape index (κ3) is 3.89. The van der Waals surface area contributed by atoms with Crippen LogP contribution in [0.1, 0.15) is 35.6 Å². The van der Waals surface area contributed by atoms with E-state index in [1.165, 1.54) is 11.1 Å². The van der Waals surface area contributed by atoms with Crippen LogP contribution in [0.25, 0.3) is 0 Å². The molecule has 1 atom stereocenters. The number of aryl methyl sites for hydroxylation is 2. The third-order valence-corrected chi connectivity index (χ3v) is 4.36. The van der Waals surface area contributed by atoms with Gasteiger partial charge in [-0.15, -0.1) is 0 Å². The highest BCUT2D eigenvalue weighted by Crippen LogP contribution is 2.29. The van der Waals surface area contributed by atoms with Gasteiger partial charge in [0.25, 0.3) is 0 Å². The lowest BCUT2D eigenvalue weighted by Gasteiger charge is -2.19. The summed E-state index contributed by atoms with van der Waals surface area (Å²) in [7, 11) is 1.69.